The van der Waals surface area contributed by atoms with Crippen LogP contribution in [0.2, 0.25) is 0 Å². The van der Waals surface area contributed by atoms with Gasteiger partial charge in [-0.3, -0.25) is 14.9 Å². The van der Waals surface area contributed by atoms with Crippen molar-refractivity contribution in [3.8, 4) is 6.07 Å². The van der Waals surface area contributed by atoms with Crippen LogP contribution in [0.15, 0.2) is 35.2 Å². The van der Waals surface area contributed by atoms with E-state index in [1.807, 2.05) is 0 Å². The molecule has 0 radical (unpaired) electrons. The number of nitrogens with zero attached hydrogens (tertiary/aromatic N) is 2. The topological polar surface area (TPSA) is 137 Å². The second kappa shape index (κ2) is 16.2. The first-order chi connectivity index (χ1) is 19.7. The summed E-state index contributed by atoms with van der Waals surface area (Å²) in [6.45, 7) is 4.95. The van der Waals surface area contributed by atoms with Crippen LogP contribution < -0.4 is 5.32 Å². The quantitative estimate of drug-likeness (QED) is 0.301. The first-order valence-electron chi connectivity index (χ1n) is 15.3. The molecule has 1 aliphatic heterocycles. The van der Waals surface area contributed by atoms with E-state index >= 15 is 0 Å². The van der Waals surface area contributed by atoms with Crippen LogP contribution >= 0.6 is 0 Å². The molecule has 3 atom stereocenters. The van der Waals surface area contributed by atoms with Crippen LogP contribution in [0.1, 0.15) is 84.0 Å². The molecule has 1 aromatic carbocycles. The SMILES string of the molecule is CCCCCCCCCCNC1(C#N)CC1.O=C(O)[C@@H]1C[C@H](S(=O)(=O)c2ccccc2)C[C@H]1C(=O)N1CCOCC1. The summed E-state index contributed by atoms with van der Waals surface area (Å²) < 4.78 is 30.8. The number of hydrogen-bond acceptors (Lipinski definition) is 7. The number of aliphatic carboxylic acids is 1. The number of nitrogens with one attached hydrogen (secondary N) is 1. The van der Waals surface area contributed by atoms with Gasteiger partial charge in [0, 0.05) is 13.1 Å². The zero-order chi connectivity index (χ0) is 29.7. The van der Waals surface area contributed by atoms with E-state index in [0.29, 0.717) is 26.3 Å². The Hall–Kier alpha value is -2.48. The van der Waals surface area contributed by atoms with Crippen LogP contribution in [-0.2, 0) is 24.2 Å². The average Bonchev–Trinajstić information content (AvgIpc) is 3.63. The smallest absolute Gasteiger partial charge is 0.307 e. The molecule has 0 unspecified atom stereocenters. The number of hydrogen-bond donors (Lipinski definition) is 2. The van der Waals surface area contributed by atoms with Crippen molar-refractivity contribution in [3.63, 3.8) is 0 Å². The number of benzene rings is 1. The van der Waals surface area contributed by atoms with E-state index in [1.54, 1.807) is 23.1 Å². The fraction of sp³-hybridized carbons (Fsp3) is 0.710. The second-order valence-corrected chi connectivity index (χ2v) is 13.8. The maximum absolute atomic E-state index is 12.8. The number of carbonyl (C=O) groups is 2. The molecule has 2 saturated carbocycles. The molecule has 0 spiro atoms. The molecule has 0 aromatic heterocycles. The molecule has 10 heteroatoms. The molecule has 1 saturated heterocycles. The molecule has 0 bridgehead atoms. The molecule has 1 heterocycles. The van der Waals surface area contributed by atoms with Gasteiger partial charge in [-0.15, -0.1) is 0 Å². The van der Waals surface area contributed by atoms with Crippen LogP contribution in [-0.4, -0.2) is 73.9 Å². The summed E-state index contributed by atoms with van der Waals surface area (Å²) in [4.78, 5) is 26.1. The summed E-state index contributed by atoms with van der Waals surface area (Å²) in [5.41, 5.74) is -0.110. The summed E-state index contributed by atoms with van der Waals surface area (Å²) in [6.07, 6.45) is 13.0. The molecule has 1 aromatic rings. The maximum atomic E-state index is 12.8. The predicted octanol–water partition coefficient (Wildman–Crippen LogP) is 4.57. The predicted molar refractivity (Wildman–Crippen MR) is 157 cm³/mol. The van der Waals surface area contributed by atoms with Crippen LogP contribution in [0.5, 0.6) is 0 Å². The summed E-state index contributed by atoms with van der Waals surface area (Å²) in [5, 5.41) is 20.9. The minimum Gasteiger partial charge on any atom is -0.481 e. The van der Waals surface area contributed by atoms with E-state index in [-0.39, 0.29) is 29.2 Å². The number of nitriles is 1. The fourth-order valence-electron chi connectivity index (χ4n) is 5.65. The average molecular weight is 590 g/mol. The Kier molecular flexibility index (Phi) is 13.1. The maximum Gasteiger partial charge on any atom is 0.307 e. The van der Waals surface area contributed by atoms with Crippen LogP contribution in [0.3, 0.4) is 0 Å². The van der Waals surface area contributed by atoms with Gasteiger partial charge < -0.3 is 14.7 Å². The van der Waals surface area contributed by atoms with Gasteiger partial charge in [0.15, 0.2) is 9.84 Å². The Labute approximate surface area is 245 Å². The lowest BCUT2D eigenvalue weighted by Gasteiger charge is -2.30. The molecule has 3 aliphatic rings. The molecule has 41 heavy (non-hydrogen) atoms. The second-order valence-electron chi connectivity index (χ2n) is 11.5. The van der Waals surface area contributed by atoms with Crippen LogP contribution in [0.4, 0.5) is 0 Å². The van der Waals surface area contributed by atoms with E-state index in [0.717, 1.165) is 19.4 Å². The Balaban J connectivity index is 0.000000250. The third kappa shape index (κ3) is 9.79. The Morgan fingerprint density at radius 2 is 1.59 bits per heavy atom. The van der Waals surface area contributed by atoms with Crippen LogP contribution in [0.25, 0.3) is 0 Å². The monoisotopic (exact) mass is 589 g/mol. The molecular weight excluding hydrogens is 542 g/mol. The summed E-state index contributed by atoms with van der Waals surface area (Å²) in [5.74, 6) is -3.17. The number of ether oxygens (including phenoxy) is 1. The number of morpholine rings is 1. The zero-order valence-corrected chi connectivity index (χ0v) is 25.2. The summed E-state index contributed by atoms with van der Waals surface area (Å²) in [6, 6.07) is 10.4. The van der Waals surface area contributed by atoms with E-state index in [1.165, 1.54) is 63.5 Å². The van der Waals surface area contributed by atoms with Crippen LogP contribution in [0, 0.1) is 23.2 Å². The number of rotatable bonds is 14. The number of carbonyl (C=O) groups excluding carboxylic acids is 1. The van der Waals surface area contributed by atoms with Gasteiger partial charge in [-0.2, -0.15) is 5.26 Å². The van der Waals surface area contributed by atoms with Crippen molar-refractivity contribution in [3.05, 3.63) is 30.3 Å². The van der Waals surface area contributed by atoms with Crippen molar-refractivity contribution in [1.82, 2.24) is 10.2 Å². The number of carboxylic acid groups (broad SMARTS) is 1. The highest BCUT2D eigenvalue weighted by atomic mass is 32.2. The largest absolute Gasteiger partial charge is 0.481 e. The normalized spacial score (nSPS) is 23.2. The van der Waals surface area contributed by atoms with Gasteiger partial charge >= 0.3 is 5.97 Å². The first kappa shape index (κ1) is 33.0. The number of sulfone groups is 1. The highest BCUT2D eigenvalue weighted by molar-refractivity contribution is 7.92. The van der Waals surface area contributed by atoms with Crippen molar-refractivity contribution in [2.45, 2.75) is 99.7 Å². The van der Waals surface area contributed by atoms with Crippen molar-refractivity contribution < 1.29 is 27.9 Å². The molecular formula is C31H47N3O6S. The minimum atomic E-state index is -3.66. The van der Waals surface area contributed by atoms with Crippen molar-refractivity contribution in [1.29, 1.82) is 5.26 Å². The van der Waals surface area contributed by atoms with E-state index in [9.17, 15) is 23.1 Å². The molecule has 3 fully saturated rings. The number of carboxylic acids is 1. The summed E-state index contributed by atoms with van der Waals surface area (Å²) in [7, 11) is -3.66. The molecule has 1 amide bonds. The van der Waals surface area contributed by atoms with Gasteiger partial charge in [-0.25, -0.2) is 8.42 Å². The van der Waals surface area contributed by atoms with Gasteiger partial charge in [-0.05, 0) is 50.8 Å². The fourth-order valence-corrected chi connectivity index (χ4v) is 7.49. The minimum absolute atomic E-state index is 0.0344. The van der Waals surface area contributed by atoms with E-state index in [2.05, 4.69) is 18.3 Å². The lowest BCUT2D eigenvalue weighted by Crippen LogP contribution is -2.45. The molecule has 2 N–H and O–H groups in total. The number of amides is 1. The molecule has 228 valence electrons. The van der Waals surface area contributed by atoms with Gasteiger partial charge in [-0.1, -0.05) is 70.1 Å². The van der Waals surface area contributed by atoms with Crippen molar-refractivity contribution >= 4 is 21.7 Å². The van der Waals surface area contributed by atoms with E-state index in [4.69, 9.17) is 10.00 Å². The Bertz CT molecular complexity index is 1110. The summed E-state index contributed by atoms with van der Waals surface area (Å²) >= 11 is 0. The first-order valence-corrected chi connectivity index (χ1v) is 16.8. The molecule has 9 nitrogen and oxygen atoms in total. The zero-order valence-electron chi connectivity index (χ0n) is 24.4. The lowest BCUT2D eigenvalue weighted by atomic mass is 9.94. The van der Waals surface area contributed by atoms with Crippen molar-refractivity contribution in [2.75, 3.05) is 32.8 Å². The van der Waals surface area contributed by atoms with E-state index < -0.39 is 32.9 Å². The van der Waals surface area contributed by atoms with Gasteiger partial charge in [0.25, 0.3) is 0 Å². The van der Waals surface area contributed by atoms with Crippen molar-refractivity contribution in [2.24, 2.45) is 11.8 Å². The Morgan fingerprint density at radius 3 is 2.15 bits per heavy atom. The lowest BCUT2D eigenvalue weighted by molar-refractivity contribution is -0.150. The third-order valence-electron chi connectivity index (χ3n) is 8.44. The highest BCUT2D eigenvalue weighted by Crippen LogP contribution is 2.39. The number of unbranched alkanes of at least 4 members (excludes halogenated alkanes) is 7. The van der Waals surface area contributed by atoms with Gasteiger partial charge in [0.05, 0.1) is 41.3 Å². The molecule has 2 aliphatic carbocycles. The van der Waals surface area contributed by atoms with Gasteiger partial charge in [0.1, 0.15) is 5.54 Å². The highest BCUT2D eigenvalue weighted by Gasteiger charge is 2.49. The Morgan fingerprint density at radius 1 is 1.00 bits per heavy atom. The van der Waals surface area contributed by atoms with Gasteiger partial charge in [0.2, 0.25) is 5.91 Å². The standard InChI is InChI=1S/C17H21NO6S.C14H26N2/c19-16(18-6-8-24-9-7-18)14-10-13(11-15(14)17(20)21)25(22,23)12-4-2-1-3-5-12;1-2-3-4-5-6-7-8-9-12-16-14(13-15)10-11-14/h1-5,13-15H,6-11H2,(H,20,21);16H,2-12H2,1H3/t13-,14-,15-;/m1./s1. The third-order valence-corrected chi connectivity index (χ3v) is 10.6. The molecule has 4 rings (SSSR count).